The summed E-state index contributed by atoms with van der Waals surface area (Å²) in [6.45, 7) is 4.17. The average molecular weight is 143 g/mol. The summed E-state index contributed by atoms with van der Waals surface area (Å²) < 4.78 is 0. The van der Waals surface area contributed by atoms with E-state index < -0.39 is 0 Å². The molecule has 0 aromatic heterocycles. The Balaban J connectivity index is 3.15. The zero-order valence-electron chi connectivity index (χ0n) is 6.89. The highest BCUT2D eigenvalue weighted by Crippen LogP contribution is 1.98. The van der Waals surface area contributed by atoms with Crippen LogP contribution in [0.2, 0.25) is 6.82 Å². The second-order valence-electron chi connectivity index (χ2n) is 2.61. The standard InChI is InChI=1S/C9H10BN/c1-7-3-4-8(6-11)5-9(7)10-2/h3-5,10H,1-2H3. The van der Waals surface area contributed by atoms with Crippen molar-refractivity contribution in [3.63, 3.8) is 0 Å². The quantitative estimate of drug-likeness (QED) is 0.537. The van der Waals surface area contributed by atoms with Crippen LogP contribution >= 0.6 is 0 Å². The summed E-state index contributed by atoms with van der Waals surface area (Å²) in [7, 11) is 1.00. The Hall–Kier alpha value is -1.23. The molecular weight excluding hydrogens is 133 g/mol. The second kappa shape index (κ2) is 3.25. The minimum Gasteiger partial charge on any atom is -0.192 e. The number of benzene rings is 1. The molecule has 0 radical (unpaired) electrons. The predicted molar refractivity (Wildman–Crippen MR) is 48.5 cm³/mol. The van der Waals surface area contributed by atoms with Gasteiger partial charge in [0.05, 0.1) is 11.6 Å². The lowest BCUT2D eigenvalue weighted by Crippen LogP contribution is -2.14. The highest BCUT2D eigenvalue weighted by molar-refractivity contribution is 6.52. The van der Waals surface area contributed by atoms with Crippen LogP contribution in [0.15, 0.2) is 18.2 Å². The van der Waals surface area contributed by atoms with E-state index in [4.69, 9.17) is 5.26 Å². The van der Waals surface area contributed by atoms with Gasteiger partial charge < -0.3 is 0 Å². The fourth-order valence-electron chi connectivity index (χ4n) is 1.12. The fraction of sp³-hybridized carbons (Fsp3) is 0.222. The smallest absolute Gasteiger partial charge is 0.154 e. The SMILES string of the molecule is CBc1cc(C#N)ccc1C. The maximum atomic E-state index is 8.60. The number of nitrogens with zero attached hydrogens (tertiary/aromatic N) is 1. The van der Waals surface area contributed by atoms with Crippen LogP contribution in [0, 0.1) is 18.3 Å². The number of hydrogen-bond donors (Lipinski definition) is 0. The molecule has 0 saturated heterocycles. The molecule has 0 aliphatic rings. The molecule has 1 rings (SSSR count). The minimum atomic E-state index is 0.757. The van der Waals surface area contributed by atoms with Gasteiger partial charge in [0.25, 0.3) is 0 Å². The van der Waals surface area contributed by atoms with Gasteiger partial charge >= 0.3 is 0 Å². The highest BCUT2D eigenvalue weighted by Gasteiger charge is 1.97. The lowest BCUT2D eigenvalue weighted by Gasteiger charge is -2.00. The van der Waals surface area contributed by atoms with E-state index in [0.717, 1.165) is 12.8 Å². The van der Waals surface area contributed by atoms with Crippen molar-refractivity contribution in [3.8, 4) is 6.07 Å². The Morgan fingerprint density at radius 3 is 2.73 bits per heavy atom. The number of hydrogen-bond acceptors (Lipinski definition) is 1. The average Bonchev–Trinajstić information content (AvgIpc) is 2.05. The van der Waals surface area contributed by atoms with Gasteiger partial charge in [-0.3, -0.25) is 0 Å². The van der Waals surface area contributed by atoms with Gasteiger partial charge in [-0.05, 0) is 13.0 Å². The van der Waals surface area contributed by atoms with Gasteiger partial charge in [0.15, 0.2) is 7.28 Å². The first-order valence-corrected chi connectivity index (χ1v) is 3.77. The molecule has 11 heavy (non-hydrogen) atoms. The van der Waals surface area contributed by atoms with Crippen LogP contribution in [0.4, 0.5) is 0 Å². The molecule has 1 aromatic carbocycles. The summed E-state index contributed by atoms with van der Waals surface area (Å²) >= 11 is 0. The summed E-state index contributed by atoms with van der Waals surface area (Å²) in [5.74, 6) is 0. The summed E-state index contributed by atoms with van der Waals surface area (Å²) in [5, 5.41) is 8.60. The van der Waals surface area contributed by atoms with Crippen molar-refractivity contribution in [2.24, 2.45) is 0 Å². The topological polar surface area (TPSA) is 23.8 Å². The van der Waals surface area contributed by atoms with Gasteiger partial charge in [-0.1, -0.05) is 30.0 Å². The van der Waals surface area contributed by atoms with E-state index in [9.17, 15) is 0 Å². The molecule has 0 aliphatic carbocycles. The Morgan fingerprint density at radius 2 is 2.18 bits per heavy atom. The second-order valence-corrected chi connectivity index (χ2v) is 2.61. The molecule has 1 nitrogen and oxygen atoms in total. The van der Waals surface area contributed by atoms with E-state index in [1.165, 1.54) is 11.0 Å². The highest BCUT2D eigenvalue weighted by atomic mass is 14.2. The largest absolute Gasteiger partial charge is 0.192 e. The molecule has 0 amide bonds. The number of nitriles is 1. The molecule has 0 fully saturated rings. The van der Waals surface area contributed by atoms with Crippen LogP contribution in [-0.2, 0) is 0 Å². The maximum absolute atomic E-state index is 8.60. The summed E-state index contributed by atoms with van der Waals surface area (Å²) in [5.41, 5.74) is 3.29. The van der Waals surface area contributed by atoms with Gasteiger partial charge in [-0.15, -0.1) is 0 Å². The molecule has 2 heteroatoms. The van der Waals surface area contributed by atoms with Gasteiger partial charge in [0, 0.05) is 0 Å². The minimum absolute atomic E-state index is 0.757. The Morgan fingerprint density at radius 1 is 1.45 bits per heavy atom. The van der Waals surface area contributed by atoms with Gasteiger partial charge in [-0.25, -0.2) is 0 Å². The number of aryl methyl sites for hydroxylation is 1. The van der Waals surface area contributed by atoms with Crippen LogP contribution in [0.1, 0.15) is 11.1 Å². The van der Waals surface area contributed by atoms with Crippen molar-refractivity contribution in [1.29, 1.82) is 5.26 Å². The summed E-state index contributed by atoms with van der Waals surface area (Å²) in [6, 6.07) is 7.94. The van der Waals surface area contributed by atoms with Gasteiger partial charge in [0.1, 0.15) is 0 Å². The van der Waals surface area contributed by atoms with Crippen molar-refractivity contribution in [3.05, 3.63) is 29.3 Å². The first kappa shape index (κ1) is 7.88. The molecule has 0 saturated carbocycles. The Kier molecular flexibility index (Phi) is 2.33. The zero-order chi connectivity index (χ0) is 8.27. The van der Waals surface area contributed by atoms with Gasteiger partial charge in [-0.2, -0.15) is 5.26 Å². The number of rotatable bonds is 1. The molecule has 0 unspecified atom stereocenters. The molecule has 0 atom stereocenters. The maximum Gasteiger partial charge on any atom is 0.154 e. The molecule has 54 valence electrons. The van der Waals surface area contributed by atoms with E-state index in [1.54, 1.807) is 0 Å². The molecule has 0 heterocycles. The first-order chi connectivity index (χ1) is 5.27. The van der Waals surface area contributed by atoms with E-state index >= 15 is 0 Å². The van der Waals surface area contributed by atoms with Crippen LogP contribution < -0.4 is 5.46 Å². The molecule has 0 bridgehead atoms. The fourth-order valence-corrected chi connectivity index (χ4v) is 1.12. The van der Waals surface area contributed by atoms with E-state index in [-0.39, 0.29) is 0 Å². The van der Waals surface area contributed by atoms with Crippen molar-refractivity contribution in [2.45, 2.75) is 13.7 Å². The molecular formula is C9H10BN. The molecule has 1 aromatic rings. The van der Waals surface area contributed by atoms with E-state index in [1.807, 2.05) is 18.2 Å². The molecule has 0 N–H and O–H groups in total. The van der Waals surface area contributed by atoms with E-state index in [0.29, 0.717) is 0 Å². The lowest BCUT2D eigenvalue weighted by atomic mass is 9.71. The van der Waals surface area contributed by atoms with Crippen molar-refractivity contribution < 1.29 is 0 Å². The van der Waals surface area contributed by atoms with E-state index in [2.05, 4.69) is 19.8 Å². The van der Waals surface area contributed by atoms with Crippen LogP contribution in [0.25, 0.3) is 0 Å². The third-order valence-electron chi connectivity index (χ3n) is 1.86. The third kappa shape index (κ3) is 1.62. The monoisotopic (exact) mass is 143 g/mol. The van der Waals surface area contributed by atoms with Crippen molar-refractivity contribution in [1.82, 2.24) is 0 Å². The lowest BCUT2D eigenvalue weighted by molar-refractivity contribution is 1.45. The van der Waals surface area contributed by atoms with Crippen LogP contribution in [-0.4, -0.2) is 7.28 Å². The summed E-state index contributed by atoms with van der Waals surface area (Å²) in [6.07, 6.45) is 0. The third-order valence-corrected chi connectivity index (χ3v) is 1.86. The molecule has 0 spiro atoms. The van der Waals surface area contributed by atoms with Gasteiger partial charge in [0.2, 0.25) is 0 Å². The predicted octanol–water partition coefficient (Wildman–Crippen LogP) is 0.977. The normalized spacial score (nSPS) is 8.82. The zero-order valence-corrected chi connectivity index (χ0v) is 6.89. The van der Waals surface area contributed by atoms with Crippen LogP contribution in [0.5, 0.6) is 0 Å². The molecule has 0 aliphatic heterocycles. The van der Waals surface area contributed by atoms with Crippen molar-refractivity contribution >= 4 is 12.7 Å². The Bertz CT molecular complexity index is 299. The van der Waals surface area contributed by atoms with Crippen LogP contribution in [0.3, 0.4) is 0 Å². The summed E-state index contributed by atoms with van der Waals surface area (Å²) in [4.78, 5) is 0. The Labute approximate surface area is 67.9 Å². The first-order valence-electron chi connectivity index (χ1n) is 3.77. The van der Waals surface area contributed by atoms with Crippen molar-refractivity contribution in [2.75, 3.05) is 0 Å².